The highest BCUT2D eigenvalue weighted by molar-refractivity contribution is 5.57. The Balaban J connectivity index is 1.93. The molecule has 1 atom stereocenters. The lowest BCUT2D eigenvalue weighted by atomic mass is 10.2. The van der Waals surface area contributed by atoms with Crippen molar-refractivity contribution in [1.82, 2.24) is 9.97 Å². The Labute approximate surface area is 155 Å². The average Bonchev–Trinajstić information content (AvgIpc) is 3.02. The third-order valence-corrected chi connectivity index (χ3v) is 4.65. The van der Waals surface area contributed by atoms with Gasteiger partial charge in [0.2, 0.25) is 5.95 Å². The van der Waals surface area contributed by atoms with Crippen LogP contribution in [0, 0.1) is 5.82 Å². The largest absolute Gasteiger partial charge is 0.419 e. The molecule has 2 heterocycles. The van der Waals surface area contributed by atoms with Gasteiger partial charge in [-0.25, -0.2) is 9.37 Å². The first-order valence-electron chi connectivity index (χ1n) is 9.06. The minimum atomic E-state index is -4.76. The van der Waals surface area contributed by atoms with Gasteiger partial charge in [0, 0.05) is 30.0 Å². The molecule has 1 aliphatic heterocycles. The summed E-state index contributed by atoms with van der Waals surface area (Å²) in [5.41, 5.74) is -0.398. The van der Waals surface area contributed by atoms with Crippen LogP contribution in [-0.4, -0.2) is 22.6 Å². The normalized spacial score (nSPS) is 17.4. The van der Waals surface area contributed by atoms with Gasteiger partial charge in [-0.15, -0.1) is 0 Å². The lowest BCUT2D eigenvalue weighted by Crippen LogP contribution is -2.27. The number of hydrogen-bond acceptors (Lipinski definition) is 4. The Kier molecular flexibility index (Phi) is 5.53. The van der Waals surface area contributed by atoms with Crippen molar-refractivity contribution in [3.05, 3.63) is 41.3 Å². The maximum atomic E-state index is 13.5. The highest BCUT2D eigenvalue weighted by Crippen LogP contribution is 2.33. The fourth-order valence-corrected chi connectivity index (χ4v) is 3.29. The Morgan fingerprint density at radius 1 is 1.22 bits per heavy atom. The van der Waals surface area contributed by atoms with Crippen molar-refractivity contribution in [2.45, 2.75) is 51.7 Å². The predicted molar refractivity (Wildman–Crippen MR) is 96.8 cm³/mol. The predicted octanol–water partition coefficient (Wildman–Crippen LogP) is 5.32. The second-order valence-electron chi connectivity index (χ2n) is 6.79. The molecule has 0 aliphatic carbocycles. The van der Waals surface area contributed by atoms with E-state index >= 15 is 0 Å². The average molecular weight is 382 g/mol. The number of aryl methyl sites for hydroxylation is 1. The molecule has 0 saturated carbocycles. The molecule has 1 N–H and O–H groups in total. The smallest absolute Gasteiger partial charge is 0.354 e. The zero-order chi connectivity index (χ0) is 19.6. The number of anilines is 3. The van der Waals surface area contributed by atoms with Gasteiger partial charge >= 0.3 is 6.18 Å². The second kappa shape index (κ2) is 7.70. The first-order chi connectivity index (χ1) is 12.8. The summed E-state index contributed by atoms with van der Waals surface area (Å²) in [7, 11) is 0. The first kappa shape index (κ1) is 19.4. The molecule has 1 fully saturated rings. The van der Waals surface area contributed by atoms with Crippen molar-refractivity contribution in [3.8, 4) is 0 Å². The van der Waals surface area contributed by atoms with E-state index in [2.05, 4.69) is 27.1 Å². The highest BCUT2D eigenvalue weighted by Gasteiger charge is 2.34. The van der Waals surface area contributed by atoms with Crippen LogP contribution in [0.25, 0.3) is 0 Å². The van der Waals surface area contributed by atoms with Crippen molar-refractivity contribution in [3.63, 3.8) is 0 Å². The van der Waals surface area contributed by atoms with Crippen LogP contribution in [0.4, 0.5) is 35.0 Å². The molecule has 0 spiro atoms. The Morgan fingerprint density at radius 3 is 2.63 bits per heavy atom. The standard InChI is InChI=1S/C19H22F4N4/c1-3-5-13-11-17(27-9-4-6-12(27)2)26-18(24-13)25-14-7-8-16(20)15(10-14)19(21,22)23/h7-8,10-12H,3-6,9H2,1-2H3,(H,24,25,26). The molecule has 1 aromatic carbocycles. The molecule has 1 aromatic heterocycles. The van der Waals surface area contributed by atoms with E-state index < -0.39 is 17.6 Å². The zero-order valence-electron chi connectivity index (χ0n) is 15.3. The van der Waals surface area contributed by atoms with Crippen LogP contribution >= 0.6 is 0 Å². The monoisotopic (exact) mass is 382 g/mol. The van der Waals surface area contributed by atoms with E-state index in [0.29, 0.717) is 6.04 Å². The van der Waals surface area contributed by atoms with Crippen LogP contribution < -0.4 is 10.2 Å². The van der Waals surface area contributed by atoms with Crippen LogP contribution in [0.5, 0.6) is 0 Å². The quantitative estimate of drug-likeness (QED) is 0.711. The molecular formula is C19H22F4N4. The van der Waals surface area contributed by atoms with Gasteiger partial charge in [0.1, 0.15) is 11.6 Å². The first-order valence-corrected chi connectivity index (χ1v) is 9.06. The van der Waals surface area contributed by atoms with E-state index in [0.717, 1.165) is 55.9 Å². The third kappa shape index (κ3) is 4.48. The van der Waals surface area contributed by atoms with Gasteiger partial charge in [-0.3, -0.25) is 0 Å². The minimum Gasteiger partial charge on any atom is -0.354 e. The number of nitrogens with zero attached hydrogens (tertiary/aromatic N) is 3. The molecule has 0 radical (unpaired) electrons. The summed E-state index contributed by atoms with van der Waals surface area (Å²) >= 11 is 0. The highest BCUT2D eigenvalue weighted by atomic mass is 19.4. The fourth-order valence-electron chi connectivity index (χ4n) is 3.29. The van der Waals surface area contributed by atoms with Gasteiger partial charge in [0.05, 0.1) is 5.56 Å². The number of aromatic nitrogens is 2. The maximum Gasteiger partial charge on any atom is 0.419 e. The van der Waals surface area contributed by atoms with Gasteiger partial charge in [-0.05, 0) is 44.4 Å². The Bertz CT molecular complexity index is 807. The van der Waals surface area contributed by atoms with Crippen LogP contribution in [0.15, 0.2) is 24.3 Å². The van der Waals surface area contributed by atoms with Crippen LogP contribution in [0.1, 0.15) is 44.4 Å². The molecule has 8 heteroatoms. The lowest BCUT2D eigenvalue weighted by Gasteiger charge is -2.23. The molecule has 2 aromatic rings. The second-order valence-corrected chi connectivity index (χ2v) is 6.79. The topological polar surface area (TPSA) is 41.1 Å². The van der Waals surface area contributed by atoms with Crippen LogP contribution in [-0.2, 0) is 12.6 Å². The number of alkyl halides is 3. The summed E-state index contributed by atoms with van der Waals surface area (Å²) in [6, 6.07) is 5.07. The summed E-state index contributed by atoms with van der Waals surface area (Å²) in [5, 5.41) is 2.81. The SMILES string of the molecule is CCCc1cc(N2CCCC2C)nc(Nc2ccc(F)c(C(F)(F)F)c2)n1. The maximum absolute atomic E-state index is 13.5. The summed E-state index contributed by atoms with van der Waals surface area (Å²) in [6.07, 6.45) is -0.987. The summed E-state index contributed by atoms with van der Waals surface area (Å²) < 4.78 is 52.3. The van der Waals surface area contributed by atoms with Gasteiger partial charge in [0.15, 0.2) is 0 Å². The van der Waals surface area contributed by atoms with Gasteiger partial charge in [-0.1, -0.05) is 13.3 Å². The van der Waals surface area contributed by atoms with Crippen LogP contribution in [0.3, 0.4) is 0 Å². The van der Waals surface area contributed by atoms with E-state index in [1.807, 2.05) is 13.0 Å². The molecular weight excluding hydrogens is 360 g/mol. The summed E-state index contributed by atoms with van der Waals surface area (Å²) in [4.78, 5) is 11.1. The Morgan fingerprint density at radius 2 is 2.00 bits per heavy atom. The minimum absolute atomic E-state index is 0.0952. The fraction of sp³-hybridized carbons (Fsp3) is 0.474. The van der Waals surface area contributed by atoms with E-state index in [-0.39, 0.29) is 11.6 Å². The van der Waals surface area contributed by atoms with Crippen molar-refractivity contribution >= 4 is 17.5 Å². The molecule has 0 bridgehead atoms. The van der Waals surface area contributed by atoms with E-state index in [1.165, 1.54) is 6.07 Å². The van der Waals surface area contributed by atoms with Crippen molar-refractivity contribution in [2.24, 2.45) is 0 Å². The molecule has 1 unspecified atom stereocenters. The van der Waals surface area contributed by atoms with Crippen molar-refractivity contribution in [1.29, 1.82) is 0 Å². The molecule has 3 rings (SSSR count). The summed E-state index contributed by atoms with van der Waals surface area (Å²) in [5.74, 6) is -0.325. The van der Waals surface area contributed by atoms with E-state index in [1.54, 1.807) is 0 Å². The molecule has 4 nitrogen and oxygen atoms in total. The van der Waals surface area contributed by atoms with Gasteiger partial charge in [-0.2, -0.15) is 18.2 Å². The number of hydrogen-bond donors (Lipinski definition) is 1. The number of rotatable bonds is 5. The van der Waals surface area contributed by atoms with E-state index in [4.69, 9.17) is 0 Å². The molecule has 0 amide bonds. The zero-order valence-corrected chi connectivity index (χ0v) is 15.3. The molecule has 1 aliphatic rings. The molecule has 27 heavy (non-hydrogen) atoms. The van der Waals surface area contributed by atoms with Gasteiger partial charge in [0.25, 0.3) is 0 Å². The molecule has 1 saturated heterocycles. The number of halogens is 4. The van der Waals surface area contributed by atoms with Gasteiger partial charge < -0.3 is 10.2 Å². The lowest BCUT2D eigenvalue weighted by molar-refractivity contribution is -0.139. The number of benzene rings is 1. The van der Waals surface area contributed by atoms with Crippen molar-refractivity contribution < 1.29 is 17.6 Å². The van der Waals surface area contributed by atoms with Crippen molar-refractivity contribution in [2.75, 3.05) is 16.8 Å². The van der Waals surface area contributed by atoms with E-state index in [9.17, 15) is 17.6 Å². The third-order valence-electron chi connectivity index (χ3n) is 4.65. The summed E-state index contributed by atoms with van der Waals surface area (Å²) in [6.45, 7) is 5.04. The number of nitrogens with one attached hydrogen (secondary N) is 1. The molecule has 146 valence electrons. The van der Waals surface area contributed by atoms with Crippen LogP contribution in [0.2, 0.25) is 0 Å². The Hall–Kier alpha value is -2.38.